The smallest absolute Gasteiger partial charge is 0.336 e. The van der Waals surface area contributed by atoms with Crippen LogP contribution in [0.15, 0.2) is 27.4 Å². The zero-order chi connectivity index (χ0) is 17.1. The highest BCUT2D eigenvalue weighted by Crippen LogP contribution is 2.28. The Labute approximate surface area is 143 Å². The van der Waals surface area contributed by atoms with Crippen LogP contribution in [0.2, 0.25) is 0 Å². The monoisotopic (exact) mass is 330 g/mol. The summed E-state index contributed by atoms with van der Waals surface area (Å²) in [4.78, 5) is 13.5. The Hall–Kier alpha value is -1.81. The molecule has 0 radical (unpaired) electrons. The quantitative estimate of drug-likeness (QED) is 0.829. The van der Waals surface area contributed by atoms with Crippen LogP contribution in [-0.4, -0.2) is 17.7 Å². The van der Waals surface area contributed by atoms with E-state index in [0.29, 0.717) is 11.6 Å². The fourth-order valence-corrected chi connectivity index (χ4v) is 4.09. The summed E-state index contributed by atoms with van der Waals surface area (Å²) in [5.74, 6) is 0.243. The van der Waals surface area contributed by atoms with Gasteiger partial charge in [-0.1, -0.05) is 20.3 Å². The second-order valence-corrected chi connectivity index (χ2v) is 6.97. The molecule has 4 heteroatoms. The van der Waals surface area contributed by atoms with Gasteiger partial charge in [0.25, 0.3) is 0 Å². The zero-order valence-corrected chi connectivity index (χ0v) is 14.7. The van der Waals surface area contributed by atoms with Crippen molar-refractivity contribution < 1.29 is 14.4 Å². The van der Waals surface area contributed by atoms with Crippen molar-refractivity contribution in [1.82, 2.24) is 0 Å². The first-order chi connectivity index (χ1) is 11.6. The molecule has 24 heavy (non-hydrogen) atoms. The van der Waals surface area contributed by atoms with Crippen molar-refractivity contribution in [2.45, 2.75) is 65.0 Å². The first-order valence-electron chi connectivity index (χ1n) is 9.26. The number of hydrogen-bond donors (Lipinski definition) is 2. The normalized spacial score (nSPS) is 21.2. The highest BCUT2D eigenvalue weighted by molar-refractivity contribution is 5.85. The van der Waals surface area contributed by atoms with Crippen LogP contribution in [0.4, 0.5) is 0 Å². The fourth-order valence-electron chi connectivity index (χ4n) is 4.09. The number of nitrogens with one attached hydrogen (secondary N) is 1. The minimum absolute atomic E-state index is 0.243. The Morgan fingerprint density at radius 3 is 2.88 bits per heavy atom. The van der Waals surface area contributed by atoms with Crippen molar-refractivity contribution in [2.24, 2.45) is 0 Å². The molecule has 130 valence electrons. The fraction of sp³-hybridized carbons (Fsp3) is 0.550. The molecule has 1 aliphatic rings. The van der Waals surface area contributed by atoms with Gasteiger partial charge < -0.3 is 14.4 Å². The van der Waals surface area contributed by atoms with Crippen molar-refractivity contribution >= 4 is 11.0 Å². The number of phenols is 1. The van der Waals surface area contributed by atoms with E-state index in [-0.39, 0.29) is 11.4 Å². The molecule has 0 saturated carbocycles. The molecule has 3 rings (SSSR count). The van der Waals surface area contributed by atoms with E-state index in [1.165, 1.54) is 24.2 Å². The Bertz CT molecular complexity index is 765. The molecule has 4 nitrogen and oxygen atoms in total. The molecule has 2 atom stereocenters. The van der Waals surface area contributed by atoms with Crippen LogP contribution in [-0.2, 0) is 13.0 Å². The van der Waals surface area contributed by atoms with E-state index in [2.05, 4.69) is 13.8 Å². The maximum absolute atomic E-state index is 12.0. The molecule has 1 aromatic carbocycles. The number of phenolic OH excluding ortho intramolecular Hbond substituents is 1. The Morgan fingerprint density at radius 2 is 2.12 bits per heavy atom. The molecular formula is C20H28NO3+. The summed E-state index contributed by atoms with van der Waals surface area (Å²) < 4.78 is 5.54. The van der Waals surface area contributed by atoms with Crippen LogP contribution in [0, 0.1) is 0 Å². The van der Waals surface area contributed by atoms with E-state index in [9.17, 15) is 9.90 Å². The summed E-state index contributed by atoms with van der Waals surface area (Å²) in [6.07, 6.45) is 6.72. The lowest BCUT2D eigenvalue weighted by Crippen LogP contribution is -3.15. The van der Waals surface area contributed by atoms with Gasteiger partial charge in [0.1, 0.15) is 12.3 Å². The molecule has 2 heterocycles. The van der Waals surface area contributed by atoms with Crippen molar-refractivity contribution in [1.29, 1.82) is 0 Å². The first-order valence-corrected chi connectivity index (χ1v) is 9.26. The van der Waals surface area contributed by atoms with Gasteiger partial charge in [0.05, 0.1) is 18.2 Å². The molecule has 0 bridgehead atoms. The SMILES string of the molecule is CCCc1cc(=O)oc2c(C[NH+]3CCCCC3CC)c(O)ccc12. The number of aryl methyl sites for hydroxylation is 1. The standard InChI is InChI=1S/C20H27NO3/c1-3-7-14-12-19(23)24-20-16(14)9-10-18(22)17(20)13-21-11-6-5-8-15(21)4-2/h9-10,12,15,22H,3-8,11,13H2,1-2H3/p+1. The number of benzene rings is 1. The van der Waals surface area contributed by atoms with Crippen molar-refractivity contribution in [3.63, 3.8) is 0 Å². The number of hydrogen-bond acceptors (Lipinski definition) is 3. The Kier molecular flexibility index (Phi) is 5.24. The summed E-state index contributed by atoms with van der Waals surface area (Å²) >= 11 is 0. The van der Waals surface area contributed by atoms with Gasteiger partial charge in [-0.05, 0) is 49.8 Å². The summed E-state index contributed by atoms with van der Waals surface area (Å²) in [6.45, 7) is 6.18. The van der Waals surface area contributed by atoms with E-state index in [4.69, 9.17) is 4.42 Å². The third kappa shape index (κ3) is 3.34. The van der Waals surface area contributed by atoms with Gasteiger partial charge in [0, 0.05) is 11.5 Å². The molecule has 2 aromatic rings. The summed E-state index contributed by atoms with van der Waals surface area (Å²) in [7, 11) is 0. The van der Waals surface area contributed by atoms with Crippen molar-refractivity contribution in [2.75, 3.05) is 6.54 Å². The number of quaternary nitrogens is 1. The van der Waals surface area contributed by atoms with Gasteiger partial charge in [0.15, 0.2) is 5.58 Å². The number of fused-ring (bicyclic) bond motifs is 1. The minimum Gasteiger partial charge on any atom is -0.507 e. The highest BCUT2D eigenvalue weighted by atomic mass is 16.4. The molecule has 1 aromatic heterocycles. The van der Waals surface area contributed by atoms with Crippen LogP contribution in [0.1, 0.15) is 57.1 Å². The van der Waals surface area contributed by atoms with Crippen molar-refractivity contribution in [3.8, 4) is 5.75 Å². The summed E-state index contributed by atoms with van der Waals surface area (Å²) in [6, 6.07) is 5.85. The molecule has 1 fully saturated rings. The predicted octanol–water partition coefficient (Wildman–Crippen LogP) is 2.80. The Morgan fingerprint density at radius 1 is 1.29 bits per heavy atom. The van der Waals surface area contributed by atoms with Crippen LogP contribution < -0.4 is 10.5 Å². The molecule has 0 spiro atoms. The largest absolute Gasteiger partial charge is 0.507 e. The molecule has 2 N–H and O–H groups in total. The van der Waals surface area contributed by atoms with E-state index >= 15 is 0 Å². The number of likely N-dealkylation sites (tertiary alicyclic amines) is 1. The highest BCUT2D eigenvalue weighted by Gasteiger charge is 2.27. The topological polar surface area (TPSA) is 54.9 Å². The second-order valence-electron chi connectivity index (χ2n) is 6.97. The minimum atomic E-state index is -0.321. The van der Waals surface area contributed by atoms with E-state index < -0.39 is 0 Å². The average Bonchev–Trinajstić information content (AvgIpc) is 2.58. The first kappa shape index (κ1) is 17.0. The summed E-state index contributed by atoms with van der Waals surface area (Å²) in [5, 5.41) is 11.4. The summed E-state index contributed by atoms with van der Waals surface area (Å²) in [5.41, 5.74) is 2.07. The molecule has 1 saturated heterocycles. The van der Waals surface area contributed by atoms with Crippen LogP contribution >= 0.6 is 0 Å². The van der Waals surface area contributed by atoms with Gasteiger partial charge in [-0.3, -0.25) is 0 Å². The zero-order valence-electron chi connectivity index (χ0n) is 14.7. The second kappa shape index (κ2) is 7.39. The number of rotatable bonds is 5. The molecule has 2 unspecified atom stereocenters. The Balaban J connectivity index is 2.06. The number of piperidine rings is 1. The van der Waals surface area contributed by atoms with Crippen LogP contribution in [0.3, 0.4) is 0 Å². The number of aromatic hydroxyl groups is 1. The maximum Gasteiger partial charge on any atom is 0.336 e. The van der Waals surface area contributed by atoms with Crippen molar-refractivity contribution in [3.05, 3.63) is 39.7 Å². The van der Waals surface area contributed by atoms with Crippen LogP contribution in [0.5, 0.6) is 5.75 Å². The lowest BCUT2D eigenvalue weighted by atomic mass is 9.97. The van der Waals surface area contributed by atoms with Gasteiger partial charge >= 0.3 is 5.63 Å². The lowest BCUT2D eigenvalue weighted by molar-refractivity contribution is -0.944. The van der Waals surface area contributed by atoms with E-state index in [1.807, 2.05) is 6.07 Å². The van der Waals surface area contributed by atoms with Gasteiger partial charge in [-0.2, -0.15) is 0 Å². The lowest BCUT2D eigenvalue weighted by Gasteiger charge is -2.32. The molecule has 0 amide bonds. The third-order valence-corrected chi connectivity index (χ3v) is 5.37. The van der Waals surface area contributed by atoms with Gasteiger partial charge in [-0.15, -0.1) is 0 Å². The van der Waals surface area contributed by atoms with Gasteiger partial charge in [-0.25, -0.2) is 4.79 Å². The third-order valence-electron chi connectivity index (χ3n) is 5.37. The van der Waals surface area contributed by atoms with E-state index in [0.717, 1.165) is 48.9 Å². The van der Waals surface area contributed by atoms with Gasteiger partial charge in [0.2, 0.25) is 0 Å². The molecule has 1 aliphatic heterocycles. The molecular weight excluding hydrogens is 302 g/mol. The maximum atomic E-state index is 12.0. The van der Waals surface area contributed by atoms with E-state index in [1.54, 1.807) is 12.1 Å². The molecule has 0 aliphatic carbocycles. The average molecular weight is 330 g/mol. The van der Waals surface area contributed by atoms with Crippen LogP contribution in [0.25, 0.3) is 11.0 Å². The predicted molar refractivity (Wildman–Crippen MR) is 95.6 cm³/mol.